The van der Waals surface area contributed by atoms with Crippen LogP contribution in [-0.2, 0) is 11.3 Å². The number of aromatic nitrogens is 1. The minimum Gasteiger partial charge on any atom is -0.366 e. The van der Waals surface area contributed by atoms with E-state index in [2.05, 4.69) is 15.6 Å². The summed E-state index contributed by atoms with van der Waals surface area (Å²) in [6.45, 7) is 0.369. The van der Waals surface area contributed by atoms with Crippen LogP contribution in [-0.4, -0.2) is 10.9 Å². The lowest BCUT2D eigenvalue weighted by Gasteiger charge is -2.08. The summed E-state index contributed by atoms with van der Waals surface area (Å²) in [5.74, 6) is 0.633. The van der Waals surface area contributed by atoms with Crippen LogP contribution in [0.5, 0.6) is 0 Å². The highest BCUT2D eigenvalue weighted by Gasteiger charge is 2.29. The molecule has 1 fully saturated rings. The van der Waals surface area contributed by atoms with Crippen molar-refractivity contribution in [1.82, 2.24) is 4.98 Å². The molecule has 4 nitrogen and oxygen atoms in total. The summed E-state index contributed by atoms with van der Waals surface area (Å²) in [4.78, 5) is 15.8. The van der Waals surface area contributed by atoms with Crippen molar-refractivity contribution in [3.05, 3.63) is 54.0 Å². The third-order valence-electron chi connectivity index (χ3n) is 3.40. The van der Waals surface area contributed by atoms with E-state index in [9.17, 15) is 9.18 Å². The first-order valence-corrected chi connectivity index (χ1v) is 6.96. The predicted octanol–water partition coefficient (Wildman–Crippen LogP) is 3.18. The van der Waals surface area contributed by atoms with E-state index in [0.717, 1.165) is 12.8 Å². The third kappa shape index (κ3) is 3.56. The molecule has 0 aliphatic heterocycles. The standard InChI is InChI=1S/C16H16FN3O/c17-14-4-2-1-3-12(14)9-18-15-8-7-13(10-19-15)20-16(21)11-5-6-11/h1-4,7-8,10-11H,5-6,9H2,(H,18,19)(H,20,21). The summed E-state index contributed by atoms with van der Waals surface area (Å²) < 4.78 is 13.5. The van der Waals surface area contributed by atoms with Crippen LogP contribution in [0.1, 0.15) is 18.4 Å². The second kappa shape index (κ2) is 5.91. The van der Waals surface area contributed by atoms with Crippen LogP contribution in [0, 0.1) is 11.7 Å². The molecule has 3 rings (SSSR count). The molecule has 5 heteroatoms. The number of pyridine rings is 1. The van der Waals surface area contributed by atoms with E-state index >= 15 is 0 Å². The Balaban J connectivity index is 1.56. The van der Waals surface area contributed by atoms with Gasteiger partial charge in [0.25, 0.3) is 0 Å². The van der Waals surface area contributed by atoms with E-state index in [1.54, 1.807) is 36.5 Å². The summed E-state index contributed by atoms with van der Waals surface area (Å²) >= 11 is 0. The number of carbonyl (C=O) groups excluding carboxylic acids is 1. The fraction of sp³-hybridized carbons (Fsp3) is 0.250. The van der Waals surface area contributed by atoms with Crippen LogP contribution in [0.25, 0.3) is 0 Å². The van der Waals surface area contributed by atoms with Crippen LogP contribution in [0.4, 0.5) is 15.9 Å². The normalized spacial score (nSPS) is 13.8. The van der Waals surface area contributed by atoms with Gasteiger partial charge in [-0.3, -0.25) is 4.79 Å². The fourth-order valence-corrected chi connectivity index (χ4v) is 1.99. The summed E-state index contributed by atoms with van der Waals surface area (Å²) in [7, 11) is 0. The molecule has 108 valence electrons. The van der Waals surface area contributed by atoms with Gasteiger partial charge in [-0.05, 0) is 31.0 Å². The lowest BCUT2D eigenvalue weighted by molar-refractivity contribution is -0.117. The molecule has 1 saturated carbocycles. The lowest BCUT2D eigenvalue weighted by Crippen LogP contribution is -2.13. The molecule has 1 aliphatic rings. The second-order valence-corrected chi connectivity index (χ2v) is 5.14. The first-order chi connectivity index (χ1) is 10.2. The van der Waals surface area contributed by atoms with Crippen molar-refractivity contribution >= 4 is 17.4 Å². The molecule has 0 unspecified atom stereocenters. The van der Waals surface area contributed by atoms with Crippen molar-refractivity contribution in [2.24, 2.45) is 5.92 Å². The first kappa shape index (κ1) is 13.5. The summed E-state index contributed by atoms with van der Waals surface area (Å²) in [5, 5.41) is 5.88. The van der Waals surface area contributed by atoms with Gasteiger partial charge in [-0.2, -0.15) is 0 Å². The highest BCUT2D eigenvalue weighted by Crippen LogP contribution is 2.30. The Morgan fingerprint density at radius 1 is 1.24 bits per heavy atom. The number of carbonyl (C=O) groups is 1. The minimum atomic E-state index is -0.238. The first-order valence-electron chi connectivity index (χ1n) is 6.96. The maximum Gasteiger partial charge on any atom is 0.227 e. The van der Waals surface area contributed by atoms with Crippen molar-refractivity contribution in [3.63, 3.8) is 0 Å². The van der Waals surface area contributed by atoms with Gasteiger partial charge in [0.1, 0.15) is 11.6 Å². The fourth-order valence-electron chi connectivity index (χ4n) is 1.99. The molecule has 21 heavy (non-hydrogen) atoms. The molecular formula is C16H16FN3O. The molecule has 2 aromatic rings. The van der Waals surface area contributed by atoms with Gasteiger partial charge >= 0.3 is 0 Å². The highest BCUT2D eigenvalue weighted by molar-refractivity contribution is 5.93. The number of hydrogen-bond donors (Lipinski definition) is 2. The Hall–Kier alpha value is -2.43. The van der Waals surface area contributed by atoms with Crippen LogP contribution >= 0.6 is 0 Å². The Bertz CT molecular complexity index is 638. The van der Waals surface area contributed by atoms with E-state index in [1.165, 1.54) is 6.07 Å². The molecule has 1 amide bonds. The number of anilines is 2. The van der Waals surface area contributed by atoms with Gasteiger partial charge in [0.2, 0.25) is 5.91 Å². The van der Waals surface area contributed by atoms with Crippen LogP contribution in [0.2, 0.25) is 0 Å². The molecule has 0 bridgehead atoms. The Labute approximate surface area is 122 Å². The number of halogens is 1. The second-order valence-electron chi connectivity index (χ2n) is 5.14. The van der Waals surface area contributed by atoms with Crippen molar-refractivity contribution < 1.29 is 9.18 Å². The molecule has 1 aromatic heterocycles. The van der Waals surface area contributed by atoms with Crippen LogP contribution in [0.3, 0.4) is 0 Å². The third-order valence-corrected chi connectivity index (χ3v) is 3.40. The Morgan fingerprint density at radius 3 is 2.71 bits per heavy atom. The van der Waals surface area contributed by atoms with Gasteiger partial charge in [0, 0.05) is 18.0 Å². The number of benzene rings is 1. The van der Waals surface area contributed by atoms with Gasteiger partial charge in [0.15, 0.2) is 0 Å². The monoisotopic (exact) mass is 285 g/mol. The van der Waals surface area contributed by atoms with E-state index in [4.69, 9.17) is 0 Å². The molecule has 2 N–H and O–H groups in total. The largest absolute Gasteiger partial charge is 0.366 e. The predicted molar refractivity (Wildman–Crippen MR) is 79.3 cm³/mol. The lowest BCUT2D eigenvalue weighted by atomic mass is 10.2. The molecule has 0 saturated heterocycles. The number of rotatable bonds is 5. The summed E-state index contributed by atoms with van der Waals surface area (Å²) in [6.07, 6.45) is 3.55. The van der Waals surface area contributed by atoms with Gasteiger partial charge in [-0.25, -0.2) is 9.37 Å². The number of nitrogens with one attached hydrogen (secondary N) is 2. The summed E-state index contributed by atoms with van der Waals surface area (Å²) in [6, 6.07) is 10.2. The van der Waals surface area contributed by atoms with E-state index in [1.807, 2.05) is 0 Å². The van der Waals surface area contributed by atoms with E-state index < -0.39 is 0 Å². The van der Waals surface area contributed by atoms with Gasteiger partial charge < -0.3 is 10.6 Å². The van der Waals surface area contributed by atoms with Gasteiger partial charge in [-0.1, -0.05) is 18.2 Å². The number of hydrogen-bond acceptors (Lipinski definition) is 3. The van der Waals surface area contributed by atoms with Crippen molar-refractivity contribution in [3.8, 4) is 0 Å². The molecule has 0 radical (unpaired) electrons. The molecule has 1 heterocycles. The van der Waals surface area contributed by atoms with Crippen LogP contribution < -0.4 is 10.6 Å². The Kier molecular flexibility index (Phi) is 3.81. The number of nitrogens with zero attached hydrogens (tertiary/aromatic N) is 1. The van der Waals surface area contributed by atoms with Crippen LogP contribution in [0.15, 0.2) is 42.6 Å². The van der Waals surface area contributed by atoms with Crippen molar-refractivity contribution in [2.75, 3.05) is 10.6 Å². The summed E-state index contributed by atoms with van der Waals surface area (Å²) in [5.41, 5.74) is 1.27. The zero-order valence-corrected chi connectivity index (χ0v) is 11.5. The average Bonchev–Trinajstić information content (AvgIpc) is 3.33. The topological polar surface area (TPSA) is 54.0 Å². The minimum absolute atomic E-state index is 0.0591. The van der Waals surface area contributed by atoms with Gasteiger partial charge in [0.05, 0.1) is 11.9 Å². The molecule has 1 aliphatic carbocycles. The zero-order chi connectivity index (χ0) is 14.7. The van der Waals surface area contributed by atoms with Crippen molar-refractivity contribution in [2.45, 2.75) is 19.4 Å². The molecular weight excluding hydrogens is 269 g/mol. The average molecular weight is 285 g/mol. The highest BCUT2D eigenvalue weighted by atomic mass is 19.1. The maximum atomic E-state index is 13.5. The maximum absolute atomic E-state index is 13.5. The molecule has 0 atom stereocenters. The van der Waals surface area contributed by atoms with E-state index in [-0.39, 0.29) is 17.6 Å². The van der Waals surface area contributed by atoms with Crippen molar-refractivity contribution in [1.29, 1.82) is 0 Å². The van der Waals surface area contributed by atoms with Gasteiger partial charge in [-0.15, -0.1) is 0 Å². The quantitative estimate of drug-likeness (QED) is 0.887. The number of amides is 1. The Morgan fingerprint density at radius 2 is 2.05 bits per heavy atom. The smallest absolute Gasteiger partial charge is 0.227 e. The van der Waals surface area contributed by atoms with E-state index in [0.29, 0.717) is 23.6 Å². The molecule has 0 spiro atoms. The SMILES string of the molecule is O=C(Nc1ccc(NCc2ccccc2F)nc1)C1CC1. The zero-order valence-electron chi connectivity index (χ0n) is 11.5. The molecule has 1 aromatic carbocycles.